The first-order chi connectivity index (χ1) is 16.4. The highest BCUT2D eigenvalue weighted by Gasteiger charge is 2.25. The number of carbonyl (C=O) groups excluding carboxylic acids is 1. The van der Waals surface area contributed by atoms with Gasteiger partial charge in [-0.15, -0.1) is 0 Å². The van der Waals surface area contributed by atoms with Crippen LogP contribution in [-0.4, -0.2) is 58.7 Å². The zero-order valence-electron chi connectivity index (χ0n) is 20.0. The van der Waals surface area contributed by atoms with Crippen LogP contribution in [0.15, 0.2) is 46.5 Å². The minimum Gasteiger partial charge on any atom is -0.497 e. The van der Waals surface area contributed by atoms with Crippen LogP contribution in [0.1, 0.15) is 28.4 Å². The van der Waals surface area contributed by atoms with Crippen molar-refractivity contribution in [1.82, 2.24) is 19.5 Å². The second kappa shape index (κ2) is 9.98. The van der Waals surface area contributed by atoms with Crippen LogP contribution < -0.4 is 4.74 Å². The third-order valence-electron chi connectivity index (χ3n) is 6.17. The van der Waals surface area contributed by atoms with Gasteiger partial charge in [-0.25, -0.2) is 0 Å². The number of amides is 1. The molecule has 2 aromatic heterocycles. The van der Waals surface area contributed by atoms with Crippen molar-refractivity contribution >= 4 is 12.0 Å². The second-order valence-corrected chi connectivity index (χ2v) is 8.53. The van der Waals surface area contributed by atoms with Crippen LogP contribution in [0.4, 0.5) is 0 Å². The molecule has 8 heteroatoms. The van der Waals surface area contributed by atoms with Crippen LogP contribution in [-0.2, 0) is 11.3 Å². The number of aryl methyl sites for hydroxylation is 2. The molecule has 1 aliphatic rings. The smallest absolute Gasteiger partial charge is 0.264 e. The van der Waals surface area contributed by atoms with Gasteiger partial charge >= 0.3 is 0 Å². The Morgan fingerprint density at radius 3 is 2.44 bits per heavy atom. The Bertz CT molecular complexity index is 1240. The number of ether oxygens (including phenoxy) is 1. The zero-order valence-corrected chi connectivity index (χ0v) is 20.0. The van der Waals surface area contributed by atoms with E-state index in [2.05, 4.69) is 20.7 Å². The molecule has 34 heavy (non-hydrogen) atoms. The zero-order chi connectivity index (χ0) is 24.2. The molecule has 1 fully saturated rings. The summed E-state index contributed by atoms with van der Waals surface area (Å²) in [5.41, 5.74) is 4.86. The van der Waals surface area contributed by atoms with Gasteiger partial charge in [-0.05, 0) is 62.7 Å². The molecule has 0 spiro atoms. The van der Waals surface area contributed by atoms with Crippen LogP contribution >= 0.6 is 0 Å². The Labute approximate surface area is 199 Å². The fourth-order valence-corrected chi connectivity index (χ4v) is 4.35. The van der Waals surface area contributed by atoms with Crippen molar-refractivity contribution in [1.29, 1.82) is 5.26 Å². The van der Waals surface area contributed by atoms with Crippen LogP contribution in [0.2, 0.25) is 0 Å². The molecule has 3 aromatic rings. The summed E-state index contributed by atoms with van der Waals surface area (Å²) >= 11 is 0. The van der Waals surface area contributed by atoms with Crippen LogP contribution in [0.25, 0.3) is 11.8 Å². The van der Waals surface area contributed by atoms with Crippen molar-refractivity contribution in [2.75, 3.05) is 33.3 Å². The number of aromatic nitrogens is 2. The minimum atomic E-state index is -0.230. The van der Waals surface area contributed by atoms with Gasteiger partial charge in [-0.1, -0.05) is 5.16 Å². The molecule has 0 saturated carbocycles. The summed E-state index contributed by atoms with van der Waals surface area (Å²) in [6.45, 7) is 9.14. The Balaban J connectivity index is 1.47. The fraction of sp³-hybridized carbons (Fsp3) is 0.346. The molecule has 3 heterocycles. The number of carbonyl (C=O) groups is 1. The number of benzene rings is 1. The van der Waals surface area contributed by atoms with Gasteiger partial charge < -0.3 is 18.7 Å². The number of methoxy groups -OCH3 is 1. The molecule has 1 saturated heterocycles. The van der Waals surface area contributed by atoms with E-state index in [9.17, 15) is 10.1 Å². The topological polar surface area (TPSA) is 87.5 Å². The molecule has 176 valence electrons. The second-order valence-electron chi connectivity index (χ2n) is 8.53. The van der Waals surface area contributed by atoms with Crippen molar-refractivity contribution in [2.24, 2.45) is 0 Å². The molecular weight excluding hydrogens is 430 g/mol. The van der Waals surface area contributed by atoms with Crippen molar-refractivity contribution in [2.45, 2.75) is 27.3 Å². The van der Waals surface area contributed by atoms with E-state index in [4.69, 9.17) is 9.26 Å². The predicted octanol–water partition coefficient (Wildman–Crippen LogP) is 3.65. The quantitative estimate of drug-likeness (QED) is 0.413. The van der Waals surface area contributed by atoms with Crippen molar-refractivity contribution in [3.63, 3.8) is 0 Å². The predicted molar refractivity (Wildman–Crippen MR) is 128 cm³/mol. The number of hydrogen-bond acceptors (Lipinski definition) is 6. The lowest BCUT2D eigenvalue weighted by atomic mass is 10.1. The Morgan fingerprint density at radius 1 is 1.15 bits per heavy atom. The van der Waals surface area contributed by atoms with Gasteiger partial charge in [0.25, 0.3) is 5.91 Å². The maximum atomic E-state index is 13.1. The molecule has 0 unspecified atom stereocenters. The lowest BCUT2D eigenvalue weighted by molar-refractivity contribution is -0.128. The van der Waals surface area contributed by atoms with E-state index in [1.807, 2.05) is 57.2 Å². The standard InChI is InChI=1S/C26H29N5O3/c1-18-13-25(34-28-18)17-29-9-11-30(12-10-29)26(32)22(16-27)15-21-14-19(2)31(20(21)3)23-5-7-24(33-4)8-6-23/h5-8,13-15H,9-12,17H2,1-4H3/b22-15+. The maximum Gasteiger partial charge on any atom is 0.264 e. The summed E-state index contributed by atoms with van der Waals surface area (Å²) in [6.07, 6.45) is 1.70. The first-order valence-electron chi connectivity index (χ1n) is 11.3. The van der Waals surface area contributed by atoms with Crippen LogP contribution in [0.5, 0.6) is 5.75 Å². The van der Waals surface area contributed by atoms with E-state index < -0.39 is 0 Å². The molecular formula is C26H29N5O3. The molecule has 4 rings (SSSR count). The molecule has 1 aliphatic heterocycles. The number of piperazine rings is 1. The Hall–Kier alpha value is -3.83. The summed E-state index contributed by atoms with van der Waals surface area (Å²) in [5, 5.41) is 13.7. The summed E-state index contributed by atoms with van der Waals surface area (Å²) < 4.78 is 12.7. The SMILES string of the molecule is COc1ccc(-n2c(C)cc(/C=C(\C#N)C(=O)N3CCN(Cc4cc(C)no4)CC3)c2C)cc1. The first kappa shape index (κ1) is 23.3. The normalized spacial score (nSPS) is 14.8. The number of rotatable bonds is 6. The number of nitrogens with zero attached hydrogens (tertiary/aromatic N) is 5. The largest absolute Gasteiger partial charge is 0.497 e. The van der Waals surface area contributed by atoms with E-state index >= 15 is 0 Å². The monoisotopic (exact) mass is 459 g/mol. The first-order valence-corrected chi connectivity index (χ1v) is 11.3. The Morgan fingerprint density at radius 2 is 1.85 bits per heavy atom. The lowest BCUT2D eigenvalue weighted by Gasteiger charge is -2.34. The average Bonchev–Trinajstić information content (AvgIpc) is 3.38. The van der Waals surface area contributed by atoms with E-state index in [1.54, 1.807) is 18.1 Å². The summed E-state index contributed by atoms with van der Waals surface area (Å²) in [7, 11) is 1.64. The molecule has 8 nitrogen and oxygen atoms in total. The third kappa shape index (κ3) is 4.90. The summed E-state index contributed by atoms with van der Waals surface area (Å²) in [6, 6.07) is 13.9. The highest BCUT2D eigenvalue weighted by molar-refractivity contribution is 6.02. The van der Waals surface area contributed by atoms with E-state index in [-0.39, 0.29) is 11.5 Å². The van der Waals surface area contributed by atoms with Gasteiger partial charge in [0.05, 0.1) is 19.3 Å². The van der Waals surface area contributed by atoms with E-state index in [0.717, 1.165) is 52.9 Å². The van der Waals surface area contributed by atoms with Gasteiger partial charge in [0, 0.05) is 49.3 Å². The van der Waals surface area contributed by atoms with E-state index in [1.165, 1.54) is 0 Å². The average molecular weight is 460 g/mol. The van der Waals surface area contributed by atoms with Gasteiger partial charge in [-0.3, -0.25) is 9.69 Å². The van der Waals surface area contributed by atoms with E-state index in [0.29, 0.717) is 19.6 Å². The molecule has 0 atom stereocenters. The highest BCUT2D eigenvalue weighted by atomic mass is 16.5. The molecule has 0 aliphatic carbocycles. The fourth-order valence-electron chi connectivity index (χ4n) is 4.35. The molecule has 0 radical (unpaired) electrons. The number of nitriles is 1. The van der Waals surface area contributed by atoms with Gasteiger partial charge in [0.2, 0.25) is 0 Å². The van der Waals surface area contributed by atoms with Crippen molar-refractivity contribution in [3.8, 4) is 17.5 Å². The molecule has 0 bridgehead atoms. The summed E-state index contributed by atoms with van der Waals surface area (Å²) in [5.74, 6) is 1.38. The lowest BCUT2D eigenvalue weighted by Crippen LogP contribution is -2.48. The Kier molecular flexibility index (Phi) is 6.85. The highest BCUT2D eigenvalue weighted by Crippen LogP contribution is 2.25. The van der Waals surface area contributed by atoms with Gasteiger partial charge in [0.1, 0.15) is 17.4 Å². The van der Waals surface area contributed by atoms with Crippen molar-refractivity contribution in [3.05, 3.63) is 70.4 Å². The summed E-state index contributed by atoms with van der Waals surface area (Å²) in [4.78, 5) is 17.1. The van der Waals surface area contributed by atoms with Crippen LogP contribution in [0, 0.1) is 32.1 Å². The molecule has 1 aromatic carbocycles. The van der Waals surface area contributed by atoms with Crippen molar-refractivity contribution < 1.29 is 14.1 Å². The van der Waals surface area contributed by atoms with Gasteiger partial charge in [-0.2, -0.15) is 5.26 Å². The van der Waals surface area contributed by atoms with Gasteiger partial charge in [0.15, 0.2) is 5.76 Å². The van der Waals surface area contributed by atoms with Crippen LogP contribution in [0.3, 0.4) is 0 Å². The third-order valence-corrected chi connectivity index (χ3v) is 6.17. The minimum absolute atomic E-state index is 0.147. The number of hydrogen-bond donors (Lipinski definition) is 0. The molecule has 0 N–H and O–H groups in total. The maximum absolute atomic E-state index is 13.1. The molecule has 1 amide bonds.